The zero-order chi connectivity index (χ0) is 10.7. The topological polar surface area (TPSA) is 33.4 Å². The van der Waals surface area contributed by atoms with Gasteiger partial charge in [-0.25, -0.2) is 4.98 Å². The third kappa shape index (κ3) is 2.58. The van der Waals surface area contributed by atoms with Crippen molar-refractivity contribution in [1.82, 2.24) is 14.6 Å². The van der Waals surface area contributed by atoms with E-state index in [1.165, 1.54) is 12.8 Å². The zero-order valence-electron chi connectivity index (χ0n) is 9.26. The molecule has 0 N–H and O–H groups in total. The molecule has 0 bridgehead atoms. The van der Waals surface area contributed by atoms with Gasteiger partial charge in [-0.05, 0) is 25.7 Å². The van der Waals surface area contributed by atoms with Crippen LogP contribution >= 0.6 is 0 Å². The molecule has 1 aromatic rings. The summed E-state index contributed by atoms with van der Waals surface area (Å²) in [5.74, 6) is 0.679. The Balaban J connectivity index is 1.91. The molecule has 1 fully saturated rings. The van der Waals surface area contributed by atoms with E-state index in [2.05, 4.69) is 32.6 Å². The molecular formula is C11H18N4. The number of rotatable bonds is 3. The number of hydrogen-bond donors (Lipinski definition) is 0. The molecule has 1 aliphatic heterocycles. The van der Waals surface area contributed by atoms with E-state index in [1.54, 1.807) is 0 Å². The van der Waals surface area contributed by atoms with E-state index < -0.39 is 0 Å². The highest BCUT2D eigenvalue weighted by molar-refractivity contribution is 5.22. The number of piperidine rings is 1. The van der Waals surface area contributed by atoms with Crippen LogP contribution in [0.4, 0.5) is 0 Å². The molecule has 1 aliphatic rings. The molecule has 82 valence electrons. The van der Waals surface area contributed by atoms with Gasteiger partial charge < -0.3 is 4.57 Å². The van der Waals surface area contributed by atoms with Crippen molar-refractivity contribution in [2.24, 2.45) is 11.0 Å². The highest BCUT2D eigenvalue weighted by Gasteiger charge is 2.18. The maximum atomic E-state index is 4.23. The zero-order valence-corrected chi connectivity index (χ0v) is 9.26. The van der Waals surface area contributed by atoms with Gasteiger partial charge >= 0.3 is 0 Å². The highest BCUT2D eigenvalue weighted by Crippen LogP contribution is 2.18. The molecule has 0 radical (unpaired) electrons. The van der Waals surface area contributed by atoms with E-state index in [1.807, 2.05) is 13.3 Å². The molecule has 0 aromatic carbocycles. The summed E-state index contributed by atoms with van der Waals surface area (Å²) in [7, 11) is 0. The van der Waals surface area contributed by atoms with Crippen molar-refractivity contribution in [3.05, 3.63) is 18.2 Å². The minimum absolute atomic E-state index is 0.679. The lowest BCUT2D eigenvalue weighted by Crippen LogP contribution is -2.33. The first kappa shape index (κ1) is 10.2. The number of imidazole rings is 1. The van der Waals surface area contributed by atoms with Gasteiger partial charge in [-0.15, -0.1) is 0 Å². The quantitative estimate of drug-likeness (QED) is 0.702. The third-order valence-electron chi connectivity index (χ3n) is 2.93. The van der Waals surface area contributed by atoms with E-state index >= 15 is 0 Å². The molecule has 15 heavy (non-hydrogen) atoms. The van der Waals surface area contributed by atoms with E-state index in [0.29, 0.717) is 5.92 Å². The second kappa shape index (κ2) is 4.47. The maximum Gasteiger partial charge on any atom is 0.0949 e. The average Bonchev–Trinajstić information content (AvgIpc) is 2.64. The fourth-order valence-electron chi connectivity index (χ4n) is 2.19. The van der Waals surface area contributed by atoms with Crippen molar-refractivity contribution >= 4 is 6.72 Å². The molecule has 0 amide bonds. The van der Waals surface area contributed by atoms with Crippen LogP contribution in [0.5, 0.6) is 0 Å². The molecule has 4 nitrogen and oxygen atoms in total. The number of nitrogens with zero attached hydrogens (tertiary/aromatic N) is 4. The van der Waals surface area contributed by atoms with E-state index in [4.69, 9.17) is 0 Å². The van der Waals surface area contributed by atoms with Crippen molar-refractivity contribution in [3.63, 3.8) is 0 Å². The Hall–Kier alpha value is -1.32. The van der Waals surface area contributed by atoms with Crippen LogP contribution in [-0.4, -0.2) is 34.4 Å². The normalized spacial score (nSPS) is 21.7. The first-order chi connectivity index (χ1) is 7.28. The van der Waals surface area contributed by atoms with Gasteiger partial charge in [0.1, 0.15) is 0 Å². The average molecular weight is 206 g/mol. The Bertz CT molecular complexity index is 331. The molecule has 1 saturated heterocycles. The monoisotopic (exact) mass is 206 g/mol. The predicted molar refractivity (Wildman–Crippen MR) is 60.8 cm³/mol. The van der Waals surface area contributed by atoms with Crippen molar-refractivity contribution in [1.29, 1.82) is 0 Å². The van der Waals surface area contributed by atoms with Gasteiger partial charge in [0.25, 0.3) is 0 Å². The lowest BCUT2D eigenvalue weighted by Gasteiger charge is -2.30. The lowest BCUT2D eigenvalue weighted by atomic mass is 9.99. The largest absolute Gasteiger partial charge is 0.337 e. The van der Waals surface area contributed by atoms with E-state index in [0.717, 1.165) is 25.3 Å². The van der Waals surface area contributed by atoms with Crippen LogP contribution < -0.4 is 0 Å². The summed E-state index contributed by atoms with van der Waals surface area (Å²) in [6, 6.07) is 0. The molecule has 1 atom stereocenters. The predicted octanol–water partition coefficient (Wildman–Crippen LogP) is 1.52. The maximum absolute atomic E-state index is 4.23. The van der Waals surface area contributed by atoms with Crippen LogP contribution in [-0.2, 0) is 6.54 Å². The summed E-state index contributed by atoms with van der Waals surface area (Å²) in [6.45, 7) is 8.74. The lowest BCUT2D eigenvalue weighted by molar-refractivity contribution is 0.170. The fourth-order valence-corrected chi connectivity index (χ4v) is 2.19. The smallest absolute Gasteiger partial charge is 0.0949 e. The molecule has 0 aliphatic carbocycles. The summed E-state index contributed by atoms with van der Waals surface area (Å²) in [5, 5.41) is 6.07. The third-order valence-corrected chi connectivity index (χ3v) is 2.93. The van der Waals surface area contributed by atoms with Crippen LogP contribution in [0.25, 0.3) is 0 Å². The number of aryl methyl sites for hydroxylation is 1. The van der Waals surface area contributed by atoms with Crippen LogP contribution in [0, 0.1) is 12.8 Å². The van der Waals surface area contributed by atoms with Gasteiger partial charge in [-0.2, -0.15) is 5.10 Å². The number of hydrogen-bond acceptors (Lipinski definition) is 3. The molecule has 1 aromatic heterocycles. The second-order valence-corrected chi connectivity index (χ2v) is 4.27. The molecule has 2 rings (SSSR count). The summed E-state index contributed by atoms with van der Waals surface area (Å²) in [4.78, 5) is 4.23. The van der Waals surface area contributed by atoms with E-state index in [9.17, 15) is 0 Å². The number of aromatic nitrogens is 2. The standard InChI is InChI=1S/C11H18N4/c1-10-6-14(9-13-10)7-11-4-3-5-15(8-11)12-2/h6,9,11H,2-5,7-8H2,1H3/t11-/m0/s1. The van der Waals surface area contributed by atoms with Gasteiger partial charge in [0.15, 0.2) is 0 Å². The van der Waals surface area contributed by atoms with Crippen molar-refractivity contribution in [2.45, 2.75) is 26.3 Å². The molecular weight excluding hydrogens is 188 g/mol. The Labute approximate surface area is 90.6 Å². The van der Waals surface area contributed by atoms with Crippen molar-refractivity contribution in [3.8, 4) is 0 Å². The second-order valence-electron chi connectivity index (χ2n) is 4.27. The van der Waals surface area contributed by atoms with Crippen molar-refractivity contribution in [2.75, 3.05) is 13.1 Å². The molecule has 2 heterocycles. The summed E-state index contributed by atoms with van der Waals surface area (Å²) in [6.07, 6.45) is 6.51. The van der Waals surface area contributed by atoms with Gasteiger partial charge in [0, 0.05) is 32.5 Å². The molecule has 0 spiro atoms. The number of hydrazone groups is 1. The fraction of sp³-hybridized carbons (Fsp3) is 0.636. The Morgan fingerprint density at radius 3 is 3.20 bits per heavy atom. The Kier molecular flexibility index (Phi) is 3.04. The van der Waals surface area contributed by atoms with Crippen LogP contribution in [0.3, 0.4) is 0 Å². The molecule has 0 unspecified atom stereocenters. The minimum atomic E-state index is 0.679. The first-order valence-corrected chi connectivity index (χ1v) is 5.48. The molecule has 0 saturated carbocycles. The van der Waals surface area contributed by atoms with Gasteiger partial charge in [0.05, 0.1) is 12.0 Å². The molecule has 4 heteroatoms. The van der Waals surface area contributed by atoms with Crippen LogP contribution in [0.1, 0.15) is 18.5 Å². The Morgan fingerprint density at radius 2 is 2.53 bits per heavy atom. The summed E-state index contributed by atoms with van der Waals surface area (Å²) >= 11 is 0. The van der Waals surface area contributed by atoms with Crippen LogP contribution in [0.2, 0.25) is 0 Å². The summed E-state index contributed by atoms with van der Waals surface area (Å²) in [5.41, 5.74) is 1.09. The van der Waals surface area contributed by atoms with Gasteiger partial charge in [0.2, 0.25) is 0 Å². The van der Waals surface area contributed by atoms with Crippen molar-refractivity contribution < 1.29 is 0 Å². The highest BCUT2D eigenvalue weighted by atomic mass is 15.4. The Morgan fingerprint density at radius 1 is 1.67 bits per heavy atom. The van der Waals surface area contributed by atoms with E-state index in [-0.39, 0.29) is 0 Å². The summed E-state index contributed by atoms with van der Waals surface area (Å²) < 4.78 is 2.17. The van der Waals surface area contributed by atoms with Gasteiger partial charge in [-0.1, -0.05) is 0 Å². The SMILES string of the molecule is C=NN1CCC[C@@H](Cn2cnc(C)c2)C1. The van der Waals surface area contributed by atoms with Crippen LogP contribution in [0.15, 0.2) is 17.6 Å². The van der Waals surface area contributed by atoms with Gasteiger partial charge in [-0.3, -0.25) is 5.01 Å². The minimum Gasteiger partial charge on any atom is -0.337 e. The first-order valence-electron chi connectivity index (χ1n) is 5.48.